The molecular formula is C18H20F3NO4. The lowest BCUT2D eigenvalue weighted by atomic mass is 10.0. The Morgan fingerprint density at radius 2 is 1.77 bits per heavy atom. The van der Waals surface area contributed by atoms with Crippen molar-refractivity contribution in [3.8, 4) is 0 Å². The van der Waals surface area contributed by atoms with Crippen LogP contribution >= 0.6 is 0 Å². The number of ether oxygens (including phenoxy) is 1. The fraction of sp³-hybridized carbons (Fsp3) is 0.556. The lowest BCUT2D eigenvalue weighted by molar-refractivity contribution is -0.148. The molecule has 1 N–H and O–H groups in total. The van der Waals surface area contributed by atoms with Gasteiger partial charge in [-0.15, -0.1) is 0 Å². The number of alkyl halides is 3. The minimum absolute atomic E-state index is 0.152. The molecule has 1 amide bonds. The van der Waals surface area contributed by atoms with E-state index in [1.165, 1.54) is 17.0 Å². The monoisotopic (exact) mass is 371 g/mol. The lowest BCUT2D eigenvalue weighted by Crippen LogP contribution is -2.46. The van der Waals surface area contributed by atoms with Gasteiger partial charge in [0.15, 0.2) is 0 Å². The van der Waals surface area contributed by atoms with Gasteiger partial charge >= 0.3 is 12.1 Å². The molecule has 1 aromatic rings. The van der Waals surface area contributed by atoms with Crippen LogP contribution in [0.2, 0.25) is 0 Å². The quantitative estimate of drug-likeness (QED) is 0.864. The molecule has 8 heteroatoms. The minimum atomic E-state index is -4.39. The molecule has 1 saturated carbocycles. The van der Waals surface area contributed by atoms with Crippen LogP contribution in [0.1, 0.15) is 36.3 Å². The zero-order valence-electron chi connectivity index (χ0n) is 14.0. The van der Waals surface area contributed by atoms with E-state index in [1.54, 1.807) is 0 Å². The summed E-state index contributed by atoms with van der Waals surface area (Å²) in [6, 6.07) is 4.67. The molecule has 2 atom stereocenters. The fourth-order valence-electron chi connectivity index (χ4n) is 3.50. The van der Waals surface area contributed by atoms with E-state index in [0.717, 1.165) is 12.1 Å². The Bertz CT molecular complexity index is 668. The predicted molar refractivity (Wildman–Crippen MR) is 85.5 cm³/mol. The summed E-state index contributed by atoms with van der Waals surface area (Å²) in [7, 11) is 0. The summed E-state index contributed by atoms with van der Waals surface area (Å²) in [6.45, 7) is 0.613. The van der Waals surface area contributed by atoms with Crippen LogP contribution in [0.5, 0.6) is 0 Å². The van der Waals surface area contributed by atoms with Gasteiger partial charge in [0.05, 0.1) is 5.56 Å². The van der Waals surface area contributed by atoms with Crippen molar-refractivity contribution >= 4 is 11.9 Å². The molecule has 2 fully saturated rings. The van der Waals surface area contributed by atoms with Crippen molar-refractivity contribution in [3.05, 3.63) is 35.4 Å². The third kappa shape index (κ3) is 4.17. The highest BCUT2D eigenvalue weighted by atomic mass is 19.4. The second-order valence-corrected chi connectivity index (χ2v) is 6.77. The number of halogens is 3. The summed E-state index contributed by atoms with van der Waals surface area (Å²) in [5.41, 5.74) is -0.0434. The van der Waals surface area contributed by atoms with Crippen LogP contribution in [-0.4, -0.2) is 47.7 Å². The number of carbonyl (C=O) groups is 2. The summed E-state index contributed by atoms with van der Waals surface area (Å²) in [5.74, 6) is -1.82. The number of hydrogen-bond donors (Lipinski definition) is 1. The Hall–Kier alpha value is -2.09. The van der Waals surface area contributed by atoms with Crippen LogP contribution in [0.4, 0.5) is 13.2 Å². The van der Waals surface area contributed by atoms with E-state index >= 15 is 0 Å². The van der Waals surface area contributed by atoms with E-state index in [-0.39, 0.29) is 30.3 Å². The second kappa shape index (κ2) is 7.26. The molecule has 0 aromatic heterocycles. The molecule has 2 aliphatic rings. The number of amides is 1. The van der Waals surface area contributed by atoms with Crippen LogP contribution < -0.4 is 0 Å². The minimum Gasteiger partial charge on any atom is -0.480 e. The normalized spacial score (nSPS) is 23.5. The highest BCUT2D eigenvalue weighted by molar-refractivity contribution is 5.86. The van der Waals surface area contributed by atoms with Crippen molar-refractivity contribution in [2.24, 2.45) is 5.92 Å². The molecule has 0 unspecified atom stereocenters. The molecule has 142 valence electrons. The zero-order valence-corrected chi connectivity index (χ0v) is 14.0. The first kappa shape index (κ1) is 18.7. The number of nitrogens with zero attached hydrogens (tertiary/aromatic N) is 1. The first-order chi connectivity index (χ1) is 12.3. The van der Waals surface area contributed by atoms with Crippen molar-refractivity contribution in [3.63, 3.8) is 0 Å². The average Bonchev–Trinajstić information content (AvgIpc) is 3.40. The number of carboxylic acids is 1. The molecule has 0 spiro atoms. The third-order valence-electron chi connectivity index (χ3n) is 4.99. The molecule has 5 nitrogen and oxygen atoms in total. The maximum absolute atomic E-state index is 12.8. The predicted octanol–water partition coefficient (Wildman–Crippen LogP) is 2.90. The van der Waals surface area contributed by atoms with Gasteiger partial charge in [0, 0.05) is 25.2 Å². The van der Waals surface area contributed by atoms with Crippen molar-refractivity contribution in [1.82, 2.24) is 4.90 Å². The molecule has 1 aromatic carbocycles. The number of benzene rings is 1. The fourth-order valence-corrected chi connectivity index (χ4v) is 3.50. The standard InChI is InChI=1S/C18H20F3NO4/c19-18(20,21)12-3-1-11(2-4-12)14-9-15(14)17(25)22(10-16(23)24)13-5-7-26-8-6-13/h1-4,13-15H,5-10H2,(H,23,24)/t14-,15-/m1/s1. The van der Waals surface area contributed by atoms with E-state index in [9.17, 15) is 22.8 Å². The highest BCUT2D eigenvalue weighted by Gasteiger charge is 2.47. The molecule has 1 aliphatic heterocycles. The van der Waals surface area contributed by atoms with E-state index < -0.39 is 17.7 Å². The summed E-state index contributed by atoms with van der Waals surface area (Å²) < 4.78 is 43.2. The number of hydrogen-bond acceptors (Lipinski definition) is 3. The highest BCUT2D eigenvalue weighted by Crippen LogP contribution is 2.49. The van der Waals surface area contributed by atoms with E-state index in [0.29, 0.717) is 38.0 Å². The van der Waals surface area contributed by atoms with Gasteiger partial charge < -0.3 is 14.7 Å². The first-order valence-corrected chi connectivity index (χ1v) is 8.54. The molecular weight excluding hydrogens is 351 g/mol. The Balaban J connectivity index is 1.68. The third-order valence-corrected chi connectivity index (χ3v) is 4.99. The van der Waals surface area contributed by atoms with E-state index in [4.69, 9.17) is 9.84 Å². The average molecular weight is 371 g/mol. The van der Waals surface area contributed by atoms with Gasteiger partial charge in [0.1, 0.15) is 6.54 Å². The van der Waals surface area contributed by atoms with E-state index in [2.05, 4.69) is 0 Å². The van der Waals surface area contributed by atoms with Crippen molar-refractivity contribution in [2.45, 2.75) is 37.4 Å². The van der Waals surface area contributed by atoms with Gasteiger partial charge in [-0.1, -0.05) is 12.1 Å². The number of rotatable bonds is 5. The Morgan fingerprint density at radius 3 is 2.31 bits per heavy atom. The molecule has 0 radical (unpaired) electrons. The molecule has 3 rings (SSSR count). The first-order valence-electron chi connectivity index (χ1n) is 8.54. The maximum atomic E-state index is 12.8. The molecule has 26 heavy (non-hydrogen) atoms. The van der Waals surface area contributed by atoms with Gasteiger partial charge in [-0.05, 0) is 42.9 Å². The number of aliphatic carboxylic acids is 1. The largest absolute Gasteiger partial charge is 0.480 e. The molecule has 1 aliphatic carbocycles. The second-order valence-electron chi connectivity index (χ2n) is 6.77. The van der Waals surface area contributed by atoms with Crippen molar-refractivity contribution < 1.29 is 32.6 Å². The van der Waals surface area contributed by atoms with Gasteiger partial charge in [0.2, 0.25) is 5.91 Å². The van der Waals surface area contributed by atoms with Gasteiger partial charge in [-0.3, -0.25) is 9.59 Å². The summed E-state index contributed by atoms with van der Waals surface area (Å²) in [4.78, 5) is 25.3. The molecule has 0 bridgehead atoms. The van der Waals surface area contributed by atoms with Gasteiger partial charge in [0.25, 0.3) is 0 Å². The van der Waals surface area contributed by atoms with Crippen LogP contribution in [0, 0.1) is 5.92 Å². The SMILES string of the molecule is O=C(O)CN(C(=O)[C@@H]1C[C@@H]1c1ccc(C(F)(F)F)cc1)C1CCOCC1. The Morgan fingerprint density at radius 1 is 1.15 bits per heavy atom. The van der Waals surface area contributed by atoms with E-state index in [1.807, 2.05) is 0 Å². The van der Waals surface area contributed by atoms with Gasteiger partial charge in [-0.2, -0.15) is 13.2 Å². The van der Waals surface area contributed by atoms with Crippen LogP contribution in [0.25, 0.3) is 0 Å². The topological polar surface area (TPSA) is 66.8 Å². The molecule has 1 saturated heterocycles. The lowest BCUT2D eigenvalue weighted by Gasteiger charge is -2.33. The Labute approximate surface area is 148 Å². The molecule has 1 heterocycles. The van der Waals surface area contributed by atoms with Crippen molar-refractivity contribution in [2.75, 3.05) is 19.8 Å². The summed E-state index contributed by atoms with van der Waals surface area (Å²) in [5, 5.41) is 9.12. The van der Waals surface area contributed by atoms with Gasteiger partial charge in [-0.25, -0.2) is 0 Å². The van der Waals surface area contributed by atoms with Crippen LogP contribution in [-0.2, 0) is 20.5 Å². The number of carbonyl (C=O) groups excluding carboxylic acids is 1. The zero-order chi connectivity index (χ0) is 18.9. The van der Waals surface area contributed by atoms with Crippen LogP contribution in [0.3, 0.4) is 0 Å². The van der Waals surface area contributed by atoms with Crippen LogP contribution in [0.15, 0.2) is 24.3 Å². The summed E-state index contributed by atoms with van der Waals surface area (Å²) in [6.07, 6.45) is -2.67. The Kier molecular flexibility index (Phi) is 5.22. The van der Waals surface area contributed by atoms with Crippen molar-refractivity contribution in [1.29, 1.82) is 0 Å². The number of carboxylic acid groups (broad SMARTS) is 1. The summed E-state index contributed by atoms with van der Waals surface area (Å²) >= 11 is 0. The smallest absolute Gasteiger partial charge is 0.416 e. The maximum Gasteiger partial charge on any atom is 0.416 e.